The number of carbonyl (C=O) groups excluding carboxylic acids is 1. The molecule has 2 aromatic carbocycles. The summed E-state index contributed by atoms with van der Waals surface area (Å²) in [7, 11) is 1.71. The third-order valence-corrected chi connectivity index (χ3v) is 4.57. The van der Waals surface area contributed by atoms with Crippen molar-refractivity contribution in [1.29, 1.82) is 0 Å². The topological polar surface area (TPSA) is 59.6 Å². The number of amides is 2. The van der Waals surface area contributed by atoms with E-state index >= 15 is 0 Å². The third kappa shape index (κ3) is 4.12. The zero-order chi connectivity index (χ0) is 17.7. The van der Waals surface area contributed by atoms with E-state index in [4.69, 9.17) is 9.47 Å². The van der Waals surface area contributed by atoms with Gasteiger partial charge in [-0.05, 0) is 42.3 Å². The van der Waals surface area contributed by atoms with Crippen LogP contribution in [-0.4, -0.2) is 31.9 Å². The van der Waals surface area contributed by atoms with Gasteiger partial charge in [-0.25, -0.2) is 4.79 Å². The number of nitrogens with one attached hydrogen (secondary N) is 2. The predicted octanol–water partition coefficient (Wildman–Crippen LogP) is 3.39. The number of hydrogen-bond donors (Lipinski definition) is 2. The molecule has 132 valence electrons. The van der Waals surface area contributed by atoms with Crippen LogP contribution in [0.5, 0.6) is 5.75 Å². The number of anilines is 1. The average Bonchev–Trinajstić information content (AvgIpc) is 3.01. The Morgan fingerprint density at radius 1 is 1.08 bits per heavy atom. The van der Waals surface area contributed by atoms with Crippen LogP contribution in [0.15, 0.2) is 48.5 Å². The molecule has 0 radical (unpaired) electrons. The fourth-order valence-electron chi connectivity index (χ4n) is 3.22. The summed E-state index contributed by atoms with van der Waals surface area (Å²) in [5, 5.41) is 5.77. The van der Waals surface area contributed by atoms with Crippen molar-refractivity contribution >= 4 is 11.7 Å². The lowest BCUT2D eigenvalue weighted by molar-refractivity contribution is 0.00208. The molecule has 0 saturated carbocycles. The van der Waals surface area contributed by atoms with E-state index in [1.54, 1.807) is 7.11 Å². The van der Waals surface area contributed by atoms with Gasteiger partial charge in [-0.2, -0.15) is 0 Å². The lowest BCUT2D eigenvalue weighted by atomic mass is 10.0. The Labute approximate surface area is 148 Å². The highest BCUT2D eigenvalue weighted by Crippen LogP contribution is 2.32. The van der Waals surface area contributed by atoms with Crippen molar-refractivity contribution in [3.63, 3.8) is 0 Å². The smallest absolute Gasteiger partial charge is 0.319 e. The molecule has 0 fully saturated rings. The highest BCUT2D eigenvalue weighted by molar-refractivity contribution is 5.89. The molecule has 1 aliphatic rings. The number of carbonyl (C=O) groups is 1. The molecule has 0 saturated heterocycles. The summed E-state index contributed by atoms with van der Waals surface area (Å²) in [6.07, 6.45) is 1.62. The SMILES string of the molecule is CCOc1ccc(NC(=O)NCC2(OC)Cc3ccccc3C2)cc1. The Balaban J connectivity index is 1.55. The first kappa shape index (κ1) is 17.3. The van der Waals surface area contributed by atoms with Gasteiger partial charge in [-0.15, -0.1) is 0 Å². The fourth-order valence-corrected chi connectivity index (χ4v) is 3.22. The minimum atomic E-state index is -0.375. The maximum atomic E-state index is 12.2. The number of urea groups is 1. The Morgan fingerprint density at radius 3 is 2.28 bits per heavy atom. The standard InChI is InChI=1S/C20H24N2O3/c1-3-25-18-10-8-17(9-11-18)22-19(23)21-14-20(24-2)12-15-6-4-5-7-16(15)13-20/h4-11H,3,12-14H2,1-2H3,(H2,21,22,23). The predicted molar refractivity (Wildman–Crippen MR) is 98.2 cm³/mol. The van der Waals surface area contributed by atoms with Crippen molar-refractivity contribution in [2.45, 2.75) is 25.4 Å². The van der Waals surface area contributed by atoms with Crippen LogP contribution in [0.3, 0.4) is 0 Å². The van der Waals surface area contributed by atoms with E-state index in [9.17, 15) is 4.79 Å². The number of fused-ring (bicyclic) bond motifs is 1. The summed E-state index contributed by atoms with van der Waals surface area (Å²) in [5.74, 6) is 0.788. The molecule has 0 unspecified atom stereocenters. The van der Waals surface area contributed by atoms with E-state index < -0.39 is 0 Å². The van der Waals surface area contributed by atoms with Crippen LogP contribution in [0.25, 0.3) is 0 Å². The number of rotatable bonds is 6. The van der Waals surface area contributed by atoms with Crippen LogP contribution in [0.1, 0.15) is 18.1 Å². The van der Waals surface area contributed by atoms with Crippen LogP contribution in [0.4, 0.5) is 10.5 Å². The Hall–Kier alpha value is -2.53. The van der Waals surface area contributed by atoms with Gasteiger partial charge in [-0.3, -0.25) is 0 Å². The molecular weight excluding hydrogens is 316 g/mol. The van der Waals surface area contributed by atoms with Gasteiger partial charge in [0.05, 0.1) is 12.2 Å². The molecule has 0 spiro atoms. The van der Waals surface area contributed by atoms with Gasteiger partial charge in [0.25, 0.3) is 0 Å². The maximum absolute atomic E-state index is 12.2. The second-order valence-corrected chi connectivity index (χ2v) is 6.27. The van der Waals surface area contributed by atoms with Crippen molar-refractivity contribution in [2.24, 2.45) is 0 Å². The second kappa shape index (κ2) is 7.57. The van der Waals surface area contributed by atoms with Crippen LogP contribution in [-0.2, 0) is 17.6 Å². The maximum Gasteiger partial charge on any atom is 0.319 e. The summed E-state index contributed by atoms with van der Waals surface area (Å²) in [5.41, 5.74) is 2.93. The first-order valence-electron chi connectivity index (χ1n) is 8.54. The zero-order valence-electron chi connectivity index (χ0n) is 14.7. The number of hydrogen-bond acceptors (Lipinski definition) is 3. The van der Waals surface area contributed by atoms with E-state index in [1.165, 1.54) is 11.1 Å². The van der Waals surface area contributed by atoms with E-state index in [-0.39, 0.29) is 11.6 Å². The van der Waals surface area contributed by atoms with Gasteiger partial charge in [-0.1, -0.05) is 24.3 Å². The van der Waals surface area contributed by atoms with E-state index in [1.807, 2.05) is 43.3 Å². The lowest BCUT2D eigenvalue weighted by Gasteiger charge is -2.27. The molecule has 0 aliphatic heterocycles. The molecule has 25 heavy (non-hydrogen) atoms. The highest BCUT2D eigenvalue weighted by atomic mass is 16.5. The van der Waals surface area contributed by atoms with Crippen molar-refractivity contribution in [2.75, 3.05) is 25.6 Å². The molecule has 2 aromatic rings. The van der Waals surface area contributed by atoms with Crippen molar-refractivity contribution in [3.8, 4) is 5.75 Å². The molecule has 1 aliphatic carbocycles. The Kier molecular flexibility index (Phi) is 5.24. The van der Waals surface area contributed by atoms with Gasteiger partial charge < -0.3 is 20.1 Å². The first-order valence-corrected chi connectivity index (χ1v) is 8.54. The van der Waals surface area contributed by atoms with Gasteiger partial charge >= 0.3 is 6.03 Å². The van der Waals surface area contributed by atoms with Gasteiger partial charge in [0.15, 0.2) is 0 Å². The lowest BCUT2D eigenvalue weighted by Crippen LogP contribution is -2.46. The number of ether oxygens (including phenoxy) is 2. The molecule has 0 aromatic heterocycles. The van der Waals surface area contributed by atoms with E-state index in [0.717, 1.165) is 24.3 Å². The molecular formula is C20H24N2O3. The first-order chi connectivity index (χ1) is 12.1. The van der Waals surface area contributed by atoms with E-state index in [2.05, 4.69) is 22.8 Å². The average molecular weight is 340 g/mol. The summed E-state index contributed by atoms with van der Waals surface area (Å²) in [4.78, 5) is 12.2. The van der Waals surface area contributed by atoms with Crippen LogP contribution < -0.4 is 15.4 Å². The molecule has 0 atom stereocenters. The van der Waals surface area contributed by atoms with Crippen molar-refractivity contribution < 1.29 is 14.3 Å². The van der Waals surface area contributed by atoms with Crippen LogP contribution in [0.2, 0.25) is 0 Å². The summed E-state index contributed by atoms with van der Waals surface area (Å²) < 4.78 is 11.2. The molecule has 2 amide bonds. The molecule has 5 nitrogen and oxygen atoms in total. The fraction of sp³-hybridized carbons (Fsp3) is 0.350. The number of methoxy groups -OCH3 is 1. The third-order valence-electron chi connectivity index (χ3n) is 4.57. The molecule has 3 rings (SSSR count). The summed E-state index contributed by atoms with van der Waals surface area (Å²) >= 11 is 0. The highest BCUT2D eigenvalue weighted by Gasteiger charge is 2.37. The minimum Gasteiger partial charge on any atom is -0.494 e. The summed E-state index contributed by atoms with van der Waals surface area (Å²) in [6, 6.07) is 15.4. The minimum absolute atomic E-state index is 0.239. The molecule has 5 heteroatoms. The van der Waals surface area contributed by atoms with Gasteiger partial charge in [0, 0.05) is 32.2 Å². The second-order valence-electron chi connectivity index (χ2n) is 6.27. The van der Waals surface area contributed by atoms with Crippen molar-refractivity contribution in [3.05, 3.63) is 59.7 Å². The zero-order valence-corrected chi connectivity index (χ0v) is 14.7. The normalized spacial score (nSPS) is 14.6. The van der Waals surface area contributed by atoms with Crippen LogP contribution in [0, 0.1) is 0 Å². The number of benzene rings is 2. The van der Waals surface area contributed by atoms with Gasteiger partial charge in [0.1, 0.15) is 5.75 Å². The quantitative estimate of drug-likeness (QED) is 0.847. The Bertz CT molecular complexity index is 703. The Morgan fingerprint density at radius 2 is 1.72 bits per heavy atom. The van der Waals surface area contributed by atoms with Gasteiger partial charge in [0.2, 0.25) is 0 Å². The molecule has 0 heterocycles. The van der Waals surface area contributed by atoms with Crippen LogP contribution >= 0.6 is 0 Å². The molecule has 0 bridgehead atoms. The largest absolute Gasteiger partial charge is 0.494 e. The van der Waals surface area contributed by atoms with Crippen molar-refractivity contribution in [1.82, 2.24) is 5.32 Å². The monoisotopic (exact) mass is 340 g/mol. The van der Waals surface area contributed by atoms with E-state index in [0.29, 0.717) is 13.2 Å². The summed E-state index contributed by atoms with van der Waals surface area (Å²) in [6.45, 7) is 3.02. The molecule has 2 N–H and O–H groups in total.